The number of ether oxygens (including phenoxy) is 2. The van der Waals surface area contributed by atoms with Gasteiger partial charge in [0.05, 0.1) is 12.0 Å². The van der Waals surface area contributed by atoms with Gasteiger partial charge in [-0.2, -0.15) is 0 Å². The van der Waals surface area contributed by atoms with E-state index in [-0.39, 0.29) is 11.9 Å². The molecule has 5 nitrogen and oxygen atoms in total. The van der Waals surface area contributed by atoms with Gasteiger partial charge in [-0.1, -0.05) is 30.3 Å². The van der Waals surface area contributed by atoms with E-state index in [4.69, 9.17) is 27.4 Å². The highest BCUT2D eigenvalue weighted by atomic mass is 32.1. The Morgan fingerprint density at radius 2 is 1.66 bits per heavy atom. The van der Waals surface area contributed by atoms with Crippen molar-refractivity contribution in [2.24, 2.45) is 11.3 Å². The molecule has 0 fully saturated rings. The van der Waals surface area contributed by atoms with Gasteiger partial charge in [-0.15, -0.1) is 0 Å². The van der Waals surface area contributed by atoms with Crippen molar-refractivity contribution in [3.63, 3.8) is 0 Å². The van der Waals surface area contributed by atoms with Gasteiger partial charge >= 0.3 is 5.97 Å². The molecule has 0 heterocycles. The standard InChI is InChI=1S/C26H36N2O3S/c1-17-7-8-20(11-18(17)2)13-22(16-30-24(29)26(4,5)6)14-28-25(32)31-15-21-9-10-23(27)19(3)12-21/h7-12,22H,13-16,27H2,1-6H3,(H,28,32). The average molecular weight is 457 g/mol. The van der Waals surface area contributed by atoms with Gasteiger partial charge in [-0.05, 0) is 94.1 Å². The van der Waals surface area contributed by atoms with Crippen LogP contribution in [0.15, 0.2) is 36.4 Å². The molecule has 2 aromatic carbocycles. The summed E-state index contributed by atoms with van der Waals surface area (Å²) in [5, 5.41) is 3.51. The number of esters is 1. The molecular weight excluding hydrogens is 420 g/mol. The van der Waals surface area contributed by atoms with E-state index in [2.05, 4.69) is 37.4 Å². The minimum Gasteiger partial charge on any atom is -0.466 e. The number of hydrogen-bond donors (Lipinski definition) is 2. The Morgan fingerprint density at radius 3 is 2.28 bits per heavy atom. The molecular formula is C26H36N2O3S. The molecule has 6 heteroatoms. The lowest BCUT2D eigenvalue weighted by Gasteiger charge is -2.22. The second-order valence-electron chi connectivity index (χ2n) is 9.49. The molecule has 0 amide bonds. The number of anilines is 1. The highest BCUT2D eigenvalue weighted by molar-refractivity contribution is 7.80. The molecule has 0 spiro atoms. The maximum absolute atomic E-state index is 12.3. The second-order valence-corrected chi connectivity index (χ2v) is 9.86. The lowest BCUT2D eigenvalue weighted by atomic mass is 9.96. The molecule has 0 radical (unpaired) electrons. The summed E-state index contributed by atoms with van der Waals surface area (Å²) in [5.74, 6) is -0.149. The number of hydrogen-bond acceptors (Lipinski definition) is 5. The maximum Gasteiger partial charge on any atom is 0.311 e. The van der Waals surface area contributed by atoms with Gasteiger partial charge < -0.3 is 20.5 Å². The van der Waals surface area contributed by atoms with Crippen molar-refractivity contribution in [2.45, 2.75) is 54.6 Å². The van der Waals surface area contributed by atoms with Gasteiger partial charge in [0.2, 0.25) is 0 Å². The van der Waals surface area contributed by atoms with Crippen LogP contribution in [0, 0.1) is 32.1 Å². The lowest BCUT2D eigenvalue weighted by Crippen LogP contribution is -2.34. The van der Waals surface area contributed by atoms with E-state index in [1.807, 2.05) is 45.9 Å². The van der Waals surface area contributed by atoms with Crippen LogP contribution in [-0.2, 0) is 27.3 Å². The largest absolute Gasteiger partial charge is 0.466 e. The lowest BCUT2D eigenvalue weighted by molar-refractivity contribution is -0.154. The first-order chi connectivity index (χ1) is 15.0. The fourth-order valence-electron chi connectivity index (χ4n) is 3.12. The Hall–Kier alpha value is -2.60. The minimum atomic E-state index is -0.534. The van der Waals surface area contributed by atoms with Gasteiger partial charge in [-0.3, -0.25) is 4.79 Å². The Bertz CT molecular complexity index is 951. The molecule has 1 unspecified atom stereocenters. The summed E-state index contributed by atoms with van der Waals surface area (Å²) in [7, 11) is 0. The molecule has 2 aromatic rings. The van der Waals surface area contributed by atoms with Crippen LogP contribution >= 0.6 is 12.2 Å². The van der Waals surface area contributed by atoms with E-state index in [9.17, 15) is 4.79 Å². The summed E-state index contributed by atoms with van der Waals surface area (Å²) in [6, 6.07) is 12.2. The molecule has 0 bridgehead atoms. The molecule has 0 saturated heterocycles. The normalized spacial score (nSPS) is 12.2. The quantitative estimate of drug-likeness (QED) is 0.330. The van der Waals surface area contributed by atoms with Crippen molar-refractivity contribution in [1.29, 1.82) is 0 Å². The minimum absolute atomic E-state index is 0.0590. The summed E-state index contributed by atoms with van der Waals surface area (Å²) in [6.45, 7) is 13.0. The van der Waals surface area contributed by atoms with Crippen molar-refractivity contribution in [3.8, 4) is 0 Å². The number of nitrogens with one attached hydrogen (secondary N) is 1. The van der Waals surface area contributed by atoms with E-state index in [0.717, 1.165) is 23.2 Å². The first-order valence-electron chi connectivity index (χ1n) is 10.9. The van der Waals surface area contributed by atoms with E-state index in [0.29, 0.717) is 24.9 Å². The van der Waals surface area contributed by atoms with Crippen LogP contribution in [-0.4, -0.2) is 24.3 Å². The first kappa shape index (κ1) is 25.7. The Labute approximate surface area is 197 Å². The Kier molecular flexibility index (Phi) is 9.08. The summed E-state index contributed by atoms with van der Waals surface area (Å²) >= 11 is 5.36. The summed E-state index contributed by atoms with van der Waals surface area (Å²) in [4.78, 5) is 12.3. The molecule has 3 N–H and O–H groups in total. The Balaban J connectivity index is 1.96. The third-order valence-corrected chi connectivity index (χ3v) is 5.66. The molecule has 0 saturated carbocycles. The van der Waals surface area contributed by atoms with Crippen LogP contribution in [0.2, 0.25) is 0 Å². The Morgan fingerprint density at radius 1 is 1.00 bits per heavy atom. The molecule has 0 aliphatic carbocycles. The van der Waals surface area contributed by atoms with Crippen LogP contribution in [0.1, 0.15) is 48.6 Å². The van der Waals surface area contributed by atoms with Crippen molar-refractivity contribution in [2.75, 3.05) is 18.9 Å². The summed E-state index contributed by atoms with van der Waals surface area (Å²) < 4.78 is 11.3. The van der Waals surface area contributed by atoms with Crippen molar-refractivity contribution in [1.82, 2.24) is 5.32 Å². The first-order valence-corrected chi connectivity index (χ1v) is 11.4. The zero-order valence-corrected chi connectivity index (χ0v) is 20.9. The van der Waals surface area contributed by atoms with Crippen LogP contribution in [0.25, 0.3) is 0 Å². The van der Waals surface area contributed by atoms with Gasteiger partial charge in [0.1, 0.15) is 6.61 Å². The third-order valence-electron chi connectivity index (χ3n) is 5.40. The zero-order chi connectivity index (χ0) is 23.9. The van der Waals surface area contributed by atoms with Crippen LogP contribution < -0.4 is 11.1 Å². The van der Waals surface area contributed by atoms with Crippen molar-refractivity contribution >= 4 is 29.0 Å². The maximum atomic E-state index is 12.3. The van der Waals surface area contributed by atoms with Gasteiger partial charge in [0.15, 0.2) is 0 Å². The number of nitrogens with two attached hydrogens (primary N) is 1. The van der Waals surface area contributed by atoms with Crippen LogP contribution in [0.4, 0.5) is 5.69 Å². The van der Waals surface area contributed by atoms with Gasteiger partial charge in [-0.25, -0.2) is 0 Å². The van der Waals surface area contributed by atoms with E-state index >= 15 is 0 Å². The predicted octanol–water partition coefficient (Wildman–Crippen LogP) is 5.03. The van der Waals surface area contributed by atoms with Gasteiger partial charge in [0.25, 0.3) is 5.17 Å². The number of aryl methyl sites for hydroxylation is 3. The van der Waals surface area contributed by atoms with E-state index < -0.39 is 5.41 Å². The monoisotopic (exact) mass is 456 g/mol. The van der Waals surface area contributed by atoms with Crippen molar-refractivity contribution in [3.05, 3.63) is 64.2 Å². The molecule has 0 aliphatic rings. The summed E-state index contributed by atoms with van der Waals surface area (Å²) in [5.41, 5.74) is 11.8. The fourth-order valence-corrected chi connectivity index (χ4v) is 3.26. The van der Waals surface area contributed by atoms with Crippen LogP contribution in [0.5, 0.6) is 0 Å². The number of nitrogen functional groups attached to an aromatic ring is 1. The summed E-state index contributed by atoms with van der Waals surface area (Å²) in [6.07, 6.45) is 0.769. The zero-order valence-electron chi connectivity index (χ0n) is 20.1. The number of carbonyl (C=O) groups excluding carboxylic acids is 1. The molecule has 174 valence electrons. The number of rotatable bonds is 8. The molecule has 2 rings (SSSR count). The molecule has 32 heavy (non-hydrogen) atoms. The average Bonchev–Trinajstić information content (AvgIpc) is 2.72. The molecule has 0 aromatic heterocycles. The van der Waals surface area contributed by atoms with Gasteiger partial charge in [0, 0.05) is 18.2 Å². The third kappa shape index (κ3) is 8.15. The number of benzene rings is 2. The predicted molar refractivity (Wildman–Crippen MR) is 135 cm³/mol. The van der Waals surface area contributed by atoms with E-state index in [1.165, 1.54) is 16.7 Å². The smallest absolute Gasteiger partial charge is 0.311 e. The molecule has 0 aliphatic heterocycles. The highest BCUT2D eigenvalue weighted by Gasteiger charge is 2.24. The SMILES string of the molecule is Cc1ccc(CC(CNC(=S)OCc2ccc(N)c(C)c2)COC(=O)C(C)(C)C)cc1C. The highest BCUT2D eigenvalue weighted by Crippen LogP contribution is 2.18. The number of thiocarbonyl (C=S) groups is 1. The fraction of sp³-hybridized carbons (Fsp3) is 0.462. The topological polar surface area (TPSA) is 73.6 Å². The van der Waals surface area contributed by atoms with E-state index in [1.54, 1.807) is 0 Å². The molecule has 1 atom stereocenters. The van der Waals surface area contributed by atoms with Crippen molar-refractivity contribution < 1.29 is 14.3 Å². The van der Waals surface area contributed by atoms with Crippen LogP contribution in [0.3, 0.4) is 0 Å². The number of carbonyl (C=O) groups is 1. The second kappa shape index (κ2) is 11.3.